The third-order valence-electron chi connectivity index (χ3n) is 7.10. The van der Waals surface area contributed by atoms with Crippen molar-refractivity contribution >= 4 is 17.7 Å². The lowest BCUT2D eigenvalue weighted by Gasteiger charge is -2.42. The van der Waals surface area contributed by atoms with Crippen LogP contribution in [0.2, 0.25) is 0 Å². The number of pyridine rings is 1. The number of carboxylic acids is 1. The lowest BCUT2D eigenvalue weighted by molar-refractivity contribution is -0.143. The number of aromatic nitrogens is 3. The summed E-state index contributed by atoms with van der Waals surface area (Å²) in [5.41, 5.74) is 2.62. The van der Waals surface area contributed by atoms with Crippen LogP contribution in [0.3, 0.4) is 0 Å². The fourth-order valence-electron chi connectivity index (χ4n) is 5.14. The van der Waals surface area contributed by atoms with E-state index < -0.39 is 71.1 Å². The van der Waals surface area contributed by atoms with Crippen molar-refractivity contribution in [2.45, 2.75) is 57.0 Å². The SMILES string of the molecule is CCOC(=O)N1c2ccc(OC)nc2C(c2ncc(C(=O)O)c(Cc3cc(C(F)(F)F)cc(C(F)(F)F)c3)n2)C(N)C1CC. The first kappa shape index (κ1) is 32.4. The summed E-state index contributed by atoms with van der Waals surface area (Å²) in [6, 6.07) is 2.38. The highest BCUT2D eigenvalue weighted by Gasteiger charge is 2.45. The lowest BCUT2D eigenvalue weighted by atomic mass is 9.82. The van der Waals surface area contributed by atoms with Gasteiger partial charge in [0, 0.05) is 24.7 Å². The van der Waals surface area contributed by atoms with Gasteiger partial charge in [0.25, 0.3) is 0 Å². The highest BCUT2D eigenvalue weighted by Crippen LogP contribution is 2.42. The number of ether oxygens (including phenoxy) is 2. The predicted octanol–water partition coefficient (Wildman–Crippen LogP) is 5.42. The molecule has 0 fully saturated rings. The molecular formula is C28H27F6N5O5. The molecule has 1 aliphatic heterocycles. The molecule has 4 rings (SSSR count). The van der Waals surface area contributed by atoms with Gasteiger partial charge in [-0.3, -0.25) is 4.90 Å². The Morgan fingerprint density at radius 3 is 2.18 bits per heavy atom. The Hall–Kier alpha value is -4.47. The summed E-state index contributed by atoms with van der Waals surface area (Å²) in [5, 5.41) is 9.77. The molecule has 10 nitrogen and oxygen atoms in total. The van der Waals surface area contributed by atoms with Gasteiger partial charge >= 0.3 is 24.4 Å². The number of methoxy groups -OCH3 is 1. The van der Waals surface area contributed by atoms with Crippen LogP contribution in [-0.4, -0.2) is 57.9 Å². The number of carboxylic acid groups (broad SMARTS) is 1. The summed E-state index contributed by atoms with van der Waals surface area (Å²) in [6.45, 7) is 3.46. The maximum atomic E-state index is 13.5. The molecule has 2 aromatic heterocycles. The first-order valence-corrected chi connectivity index (χ1v) is 13.2. The molecule has 0 spiro atoms. The predicted molar refractivity (Wildman–Crippen MR) is 142 cm³/mol. The van der Waals surface area contributed by atoms with Gasteiger partial charge in [-0.1, -0.05) is 6.92 Å². The Balaban J connectivity index is 1.90. The third-order valence-corrected chi connectivity index (χ3v) is 7.10. The number of halogens is 6. The summed E-state index contributed by atoms with van der Waals surface area (Å²) < 4.78 is 91.4. The number of nitrogens with two attached hydrogens (primary N) is 1. The van der Waals surface area contributed by atoms with Gasteiger partial charge in [-0.15, -0.1) is 0 Å². The number of aromatic carboxylic acids is 1. The molecule has 16 heteroatoms. The second-order valence-electron chi connectivity index (χ2n) is 9.84. The zero-order valence-electron chi connectivity index (χ0n) is 23.5. The second kappa shape index (κ2) is 12.3. The van der Waals surface area contributed by atoms with Gasteiger partial charge in [0.05, 0.1) is 59.4 Å². The first-order chi connectivity index (χ1) is 20.6. The number of alkyl halides is 6. The zero-order chi connectivity index (χ0) is 32.6. The van der Waals surface area contributed by atoms with Crippen LogP contribution < -0.4 is 15.4 Å². The van der Waals surface area contributed by atoms with Crippen molar-refractivity contribution < 1.29 is 50.5 Å². The Morgan fingerprint density at radius 1 is 1.02 bits per heavy atom. The van der Waals surface area contributed by atoms with E-state index in [2.05, 4.69) is 15.0 Å². The van der Waals surface area contributed by atoms with Crippen molar-refractivity contribution in [2.75, 3.05) is 18.6 Å². The molecule has 3 heterocycles. The van der Waals surface area contributed by atoms with Crippen LogP contribution in [0.25, 0.3) is 0 Å². The number of carbonyl (C=O) groups excluding carboxylic acids is 1. The monoisotopic (exact) mass is 627 g/mol. The van der Waals surface area contributed by atoms with Crippen molar-refractivity contribution in [1.82, 2.24) is 15.0 Å². The number of amides is 1. The topological polar surface area (TPSA) is 141 Å². The third kappa shape index (κ3) is 6.39. The van der Waals surface area contributed by atoms with Gasteiger partial charge in [-0.05, 0) is 43.2 Å². The molecule has 0 bridgehead atoms. The highest BCUT2D eigenvalue weighted by atomic mass is 19.4. The van der Waals surface area contributed by atoms with Gasteiger partial charge < -0.3 is 20.3 Å². The van der Waals surface area contributed by atoms with Gasteiger partial charge in [0.2, 0.25) is 5.88 Å². The number of benzene rings is 1. The molecule has 3 aromatic rings. The maximum Gasteiger partial charge on any atom is 0.416 e. The van der Waals surface area contributed by atoms with Crippen molar-refractivity contribution in [3.63, 3.8) is 0 Å². The number of hydrogen-bond donors (Lipinski definition) is 2. The molecule has 1 aromatic carbocycles. The van der Waals surface area contributed by atoms with Crippen LogP contribution in [0.5, 0.6) is 5.88 Å². The van der Waals surface area contributed by atoms with Crippen LogP contribution in [0.4, 0.5) is 36.8 Å². The number of rotatable bonds is 7. The Morgan fingerprint density at radius 2 is 1.66 bits per heavy atom. The molecule has 0 radical (unpaired) electrons. The number of fused-ring (bicyclic) bond motifs is 1. The lowest BCUT2D eigenvalue weighted by Crippen LogP contribution is -2.57. The van der Waals surface area contributed by atoms with Gasteiger partial charge in [-0.25, -0.2) is 24.5 Å². The van der Waals surface area contributed by atoms with Gasteiger partial charge in [0.15, 0.2) is 0 Å². The Bertz CT molecular complexity index is 1530. The van der Waals surface area contributed by atoms with Crippen LogP contribution in [0.15, 0.2) is 36.5 Å². The standard InChI is InChI=1S/C28H27F6N5O5/c1-4-18-22(35)21(23-19(6-7-20(38-23)43-3)39(18)26(42)44-5-2)24-36-12-16(25(40)41)17(37-24)10-13-8-14(27(29,30)31)11-15(9-13)28(32,33)34/h6-9,11-12,18,21-22H,4-5,10,35H2,1-3H3,(H,40,41). The van der Waals surface area contributed by atoms with E-state index >= 15 is 0 Å². The molecule has 0 saturated heterocycles. The average Bonchev–Trinajstić information content (AvgIpc) is 2.95. The fraction of sp³-hybridized carbons (Fsp3) is 0.393. The fourth-order valence-corrected chi connectivity index (χ4v) is 5.14. The van der Waals surface area contributed by atoms with E-state index in [0.717, 1.165) is 6.20 Å². The largest absolute Gasteiger partial charge is 0.481 e. The molecule has 0 saturated carbocycles. The molecule has 44 heavy (non-hydrogen) atoms. The van der Waals surface area contributed by atoms with Gasteiger partial charge in [0.1, 0.15) is 5.82 Å². The van der Waals surface area contributed by atoms with E-state index in [1.54, 1.807) is 19.9 Å². The minimum atomic E-state index is -5.11. The quantitative estimate of drug-likeness (QED) is 0.329. The van der Waals surface area contributed by atoms with E-state index in [9.17, 15) is 41.0 Å². The van der Waals surface area contributed by atoms with E-state index in [1.165, 1.54) is 18.1 Å². The molecule has 3 N–H and O–H groups in total. The molecule has 3 unspecified atom stereocenters. The van der Waals surface area contributed by atoms with Gasteiger partial charge in [-0.2, -0.15) is 26.3 Å². The summed E-state index contributed by atoms with van der Waals surface area (Å²) >= 11 is 0. The first-order valence-electron chi connectivity index (χ1n) is 13.2. The molecule has 1 amide bonds. The zero-order valence-corrected chi connectivity index (χ0v) is 23.5. The van der Waals surface area contributed by atoms with E-state index in [-0.39, 0.29) is 41.5 Å². The van der Waals surface area contributed by atoms with E-state index in [0.29, 0.717) is 18.6 Å². The van der Waals surface area contributed by atoms with E-state index in [1.807, 2.05) is 0 Å². The smallest absolute Gasteiger partial charge is 0.416 e. The molecule has 3 atom stereocenters. The molecule has 1 aliphatic rings. The van der Waals surface area contributed by atoms with Crippen LogP contribution >= 0.6 is 0 Å². The van der Waals surface area contributed by atoms with Crippen molar-refractivity contribution in [3.05, 3.63) is 76.0 Å². The number of carbonyl (C=O) groups is 2. The molecule has 236 valence electrons. The highest BCUT2D eigenvalue weighted by molar-refractivity contribution is 5.91. The summed E-state index contributed by atoms with van der Waals surface area (Å²) in [7, 11) is 1.35. The summed E-state index contributed by atoms with van der Waals surface area (Å²) in [6.07, 6.45) is -10.4. The minimum absolute atomic E-state index is 0.0236. The van der Waals surface area contributed by atoms with Crippen molar-refractivity contribution in [2.24, 2.45) is 5.73 Å². The number of hydrogen-bond acceptors (Lipinski definition) is 8. The van der Waals surface area contributed by atoms with Crippen LogP contribution in [0, 0.1) is 0 Å². The Labute approximate surface area is 246 Å². The maximum absolute atomic E-state index is 13.5. The normalized spacial score (nSPS) is 18.5. The summed E-state index contributed by atoms with van der Waals surface area (Å²) in [4.78, 5) is 39.3. The minimum Gasteiger partial charge on any atom is -0.481 e. The molecular weight excluding hydrogens is 600 g/mol. The van der Waals surface area contributed by atoms with E-state index in [4.69, 9.17) is 15.2 Å². The van der Waals surface area contributed by atoms with Crippen molar-refractivity contribution in [1.29, 1.82) is 0 Å². The number of anilines is 1. The van der Waals surface area contributed by atoms with Crippen LogP contribution in [-0.2, 0) is 23.5 Å². The Kier molecular flexibility index (Phi) is 9.04. The molecule has 0 aliphatic carbocycles. The number of nitrogens with zero attached hydrogens (tertiary/aromatic N) is 4. The summed E-state index contributed by atoms with van der Waals surface area (Å²) in [5.74, 6) is -2.53. The average molecular weight is 628 g/mol. The second-order valence-corrected chi connectivity index (χ2v) is 9.84. The van der Waals surface area contributed by atoms with Crippen molar-refractivity contribution in [3.8, 4) is 5.88 Å². The van der Waals surface area contributed by atoms with Crippen LogP contribution in [0.1, 0.15) is 70.4 Å².